The average molecular weight is 266 g/mol. The fourth-order valence-corrected chi connectivity index (χ4v) is 2.53. The highest BCUT2D eigenvalue weighted by atomic mass is 16.4. The predicted molar refractivity (Wildman–Crippen MR) is 66.5 cm³/mol. The molecule has 0 aromatic carbocycles. The largest absolute Gasteiger partial charge is 0.481 e. The molecule has 1 amide bonds. The molecule has 0 spiro atoms. The van der Waals surface area contributed by atoms with Crippen LogP contribution in [0.2, 0.25) is 0 Å². The standard InChI is InChI=1S/C12H18N4O3/c1-3-12(11(18)19)5-4-6-16(8-12)10(17)9-7-13-15(2)14-9/h7H,3-6,8H2,1-2H3,(H,18,19). The Balaban J connectivity index is 2.17. The molecule has 1 aliphatic rings. The molecule has 1 unspecified atom stereocenters. The van der Waals surface area contributed by atoms with Crippen molar-refractivity contribution in [3.05, 3.63) is 11.9 Å². The van der Waals surface area contributed by atoms with E-state index in [4.69, 9.17) is 0 Å². The second-order valence-electron chi connectivity index (χ2n) is 4.99. The Kier molecular flexibility index (Phi) is 3.55. The van der Waals surface area contributed by atoms with Gasteiger partial charge in [-0.25, -0.2) is 0 Å². The normalized spacial score (nSPS) is 23.4. The van der Waals surface area contributed by atoms with E-state index in [1.165, 1.54) is 11.0 Å². The van der Waals surface area contributed by atoms with Crippen molar-refractivity contribution in [2.24, 2.45) is 12.5 Å². The first-order chi connectivity index (χ1) is 8.98. The Morgan fingerprint density at radius 1 is 1.53 bits per heavy atom. The van der Waals surface area contributed by atoms with E-state index in [1.54, 1.807) is 11.9 Å². The number of carboxylic acid groups (broad SMARTS) is 1. The van der Waals surface area contributed by atoms with Crippen LogP contribution in [0.15, 0.2) is 6.20 Å². The third kappa shape index (κ3) is 2.45. The van der Waals surface area contributed by atoms with Crippen LogP contribution in [0.5, 0.6) is 0 Å². The molecule has 1 aliphatic heterocycles. The topological polar surface area (TPSA) is 88.3 Å². The first-order valence-corrected chi connectivity index (χ1v) is 6.37. The lowest BCUT2D eigenvalue weighted by molar-refractivity contribution is -0.152. The van der Waals surface area contributed by atoms with E-state index < -0.39 is 11.4 Å². The molecule has 2 heterocycles. The first-order valence-electron chi connectivity index (χ1n) is 6.37. The molecule has 1 N–H and O–H groups in total. The van der Waals surface area contributed by atoms with E-state index >= 15 is 0 Å². The van der Waals surface area contributed by atoms with Crippen LogP contribution in [0, 0.1) is 5.41 Å². The molecule has 1 atom stereocenters. The van der Waals surface area contributed by atoms with Crippen LogP contribution in [0.1, 0.15) is 36.7 Å². The van der Waals surface area contributed by atoms with Gasteiger partial charge >= 0.3 is 5.97 Å². The summed E-state index contributed by atoms with van der Waals surface area (Å²) in [6.45, 7) is 2.67. The van der Waals surface area contributed by atoms with E-state index in [0.717, 1.165) is 0 Å². The predicted octanol–water partition coefficient (Wildman–Crippen LogP) is 0.532. The van der Waals surface area contributed by atoms with Gasteiger partial charge in [-0.15, -0.1) is 5.10 Å². The molecule has 0 aliphatic carbocycles. The molecule has 1 aromatic rings. The summed E-state index contributed by atoms with van der Waals surface area (Å²) in [6.07, 6.45) is 3.24. The molecule has 104 valence electrons. The van der Waals surface area contributed by atoms with Crippen LogP contribution < -0.4 is 0 Å². The fourth-order valence-electron chi connectivity index (χ4n) is 2.53. The van der Waals surface area contributed by atoms with Crippen LogP contribution in [0.4, 0.5) is 0 Å². The molecule has 1 aromatic heterocycles. The summed E-state index contributed by atoms with van der Waals surface area (Å²) in [7, 11) is 1.64. The molecule has 7 heteroatoms. The van der Waals surface area contributed by atoms with Gasteiger partial charge in [0, 0.05) is 20.1 Å². The number of carbonyl (C=O) groups is 2. The Labute approximate surface area is 111 Å². The quantitative estimate of drug-likeness (QED) is 0.862. The summed E-state index contributed by atoms with van der Waals surface area (Å²) in [5, 5.41) is 17.2. The van der Waals surface area contributed by atoms with Gasteiger partial charge < -0.3 is 10.0 Å². The zero-order valence-corrected chi connectivity index (χ0v) is 11.2. The van der Waals surface area contributed by atoms with Crippen LogP contribution in [-0.4, -0.2) is 50.0 Å². The number of hydrogen-bond donors (Lipinski definition) is 1. The van der Waals surface area contributed by atoms with E-state index in [0.29, 0.717) is 25.8 Å². The van der Waals surface area contributed by atoms with E-state index in [2.05, 4.69) is 10.2 Å². The number of hydrogen-bond acceptors (Lipinski definition) is 4. The minimum absolute atomic E-state index is 0.244. The minimum atomic E-state index is -0.827. The molecule has 19 heavy (non-hydrogen) atoms. The Morgan fingerprint density at radius 2 is 2.26 bits per heavy atom. The zero-order valence-electron chi connectivity index (χ0n) is 11.2. The lowest BCUT2D eigenvalue weighted by Crippen LogP contribution is -2.49. The van der Waals surface area contributed by atoms with Crippen LogP contribution >= 0.6 is 0 Å². The SMILES string of the molecule is CCC1(C(=O)O)CCCN(C(=O)c2cnn(C)n2)C1. The maximum Gasteiger partial charge on any atom is 0.311 e. The molecule has 7 nitrogen and oxygen atoms in total. The average Bonchev–Trinajstić information content (AvgIpc) is 2.84. The van der Waals surface area contributed by atoms with Crippen LogP contribution in [-0.2, 0) is 11.8 Å². The van der Waals surface area contributed by atoms with Crippen molar-refractivity contribution in [3.63, 3.8) is 0 Å². The summed E-state index contributed by atoms with van der Waals surface area (Å²) in [5.74, 6) is -1.07. The fraction of sp³-hybridized carbons (Fsp3) is 0.667. The van der Waals surface area contributed by atoms with Gasteiger partial charge in [-0.05, 0) is 19.3 Å². The second kappa shape index (κ2) is 4.99. The van der Waals surface area contributed by atoms with Crippen molar-refractivity contribution < 1.29 is 14.7 Å². The minimum Gasteiger partial charge on any atom is -0.481 e. The summed E-state index contributed by atoms with van der Waals surface area (Å²) >= 11 is 0. The maximum atomic E-state index is 12.3. The van der Waals surface area contributed by atoms with Gasteiger partial charge in [0.1, 0.15) is 0 Å². The number of amides is 1. The molecule has 0 saturated carbocycles. The molecule has 1 saturated heterocycles. The third-order valence-electron chi connectivity index (χ3n) is 3.81. The third-order valence-corrected chi connectivity index (χ3v) is 3.81. The number of aryl methyl sites for hydroxylation is 1. The first kappa shape index (κ1) is 13.5. The van der Waals surface area contributed by atoms with E-state index in [-0.39, 0.29) is 18.1 Å². The van der Waals surface area contributed by atoms with Crippen molar-refractivity contribution in [3.8, 4) is 0 Å². The number of nitrogens with zero attached hydrogens (tertiary/aromatic N) is 4. The summed E-state index contributed by atoms with van der Waals surface area (Å²) in [5.41, 5.74) is -0.560. The van der Waals surface area contributed by atoms with Gasteiger partial charge in [-0.2, -0.15) is 9.90 Å². The van der Waals surface area contributed by atoms with Crippen molar-refractivity contribution in [2.75, 3.05) is 13.1 Å². The Hall–Kier alpha value is -1.92. The molecule has 0 bridgehead atoms. The highest BCUT2D eigenvalue weighted by Gasteiger charge is 2.42. The summed E-state index contributed by atoms with van der Waals surface area (Å²) in [6, 6.07) is 0. The lowest BCUT2D eigenvalue weighted by Gasteiger charge is -2.39. The van der Waals surface area contributed by atoms with Crippen LogP contribution in [0.3, 0.4) is 0 Å². The molecular weight excluding hydrogens is 248 g/mol. The maximum absolute atomic E-state index is 12.3. The molecule has 0 radical (unpaired) electrons. The number of aromatic nitrogens is 3. The Bertz CT molecular complexity index is 499. The summed E-state index contributed by atoms with van der Waals surface area (Å²) in [4.78, 5) is 26.6. The van der Waals surface area contributed by atoms with Gasteiger partial charge in [0.25, 0.3) is 5.91 Å². The smallest absolute Gasteiger partial charge is 0.311 e. The summed E-state index contributed by atoms with van der Waals surface area (Å²) < 4.78 is 0. The van der Waals surface area contributed by atoms with Crippen molar-refractivity contribution >= 4 is 11.9 Å². The van der Waals surface area contributed by atoms with Gasteiger partial charge in [0.15, 0.2) is 5.69 Å². The molecular formula is C12H18N4O3. The number of aliphatic carboxylic acids is 1. The number of carboxylic acids is 1. The zero-order chi connectivity index (χ0) is 14.0. The highest BCUT2D eigenvalue weighted by Crippen LogP contribution is 2.34. The number of rotatable bonds is 3. The van der Waals surface area contributed by atoms with E-state index in [9.17, 15) is 14.7 Å². The van der Waals surface area contributed by atoms with Gasteiger partial charge in [-0.3, -0.25) is 9.59 Å². The monoisotopic (exact) mass is 266 g/mol. The van der Waals surface area contributed by atoms with Gasteiger partial charge in [0.2, 0.25) is 0 Å². The van der Waals surface area contributed by atoms with Gasteiger partial charge in [0.05, 0.1) is 11.6 Å². The van der Waals surface area contributed by atoms with Crippen molar-refractivity contribution in [2.45, 2.75) is 26.2 Å². The van der Waals surface area contributed by atoms with Crippen LogP contribution in [0.25, 0.3) is 0 Å². The lowest BCUT2D eigenvalue weighted by atomic mass is 9.77. The number of carbonyl (C=O) groups excluding carboxylic acids is 1. The van der Waals surface area contributed by atoms with E-state index in [1.807, 2.05) is 6.92 Å². The Morgan fingerprint density at radius 3 is 2.79 bits per heavy atom. The number of likely N-dealkylation sites (tertiary alicyclic amines) is 1. The van der Waals surface area contributed by atoms with Gasteiger partial charge in [-0.1, -0.05) is 6.92 Å². The highest BCUT2D eigenvalue weighted by molar-refractivity contribution is 5.92. The molecule has 1 fully saturated rings. The molecule has 2 rings (SSSR count). The number of piperidine rings is 1. The van der Waals surface area contributed by atoms with Crippen molar-refractivity contribution in [1.82, 2.24) is 19.9 Å². The van der Waals surface area contributed by atoms with Crippen molar-refractivity contribution in [1.29, 1.82) is 0 Å². The second-order valence-corrected chi connectivity index (χ2v) is 4.99.